The third-order valence-corrected chi connectivity index (χ3v) is 2.96. The van der Waals surface area contributed by atoms with Crippen LogP contribution in [-0.2, 0) is 9.53 Å². The zero-order valence-corrected chi connectivity index (χ0v) is 11.6. The monoisotopic (exact) mass is 236 g/mol. The highest BCUT2D eigenvalue weighted by Crippen LogP contribution is 2.27. The van der Waals surface area contributed by atoms with E-state index in [2.05, 4.69) is 13.2 Å². The van der Waals surface area contributed by atoms with Crippen molar-refractivity contribution in [3.05, 3.63) is 37.0 Å². The summed E-state index contributed by atoms with van der Waals surface area (Å²) in [5, 5.41) is 0. The van der Waals surface area contributed by atoms with E-state index in [0.717, 1.165) is 5.57 Å². The van der Waals surface area contributed by atoms with E-state index in [0.29, 0.717) is 0 Å². The van der Waals surface area contributed by atoms with E-state index in [1.807, 2.05) is 34.6 Å². The molecule has 17 heavy (non-hydrogen) atoms. The maximum Gasteiger partial charge on any atom is 0.309 e. The van der Waals surface area contributed by atoms with Gasteiger partial charge in [0.1, 0.15) is 6.10 Å². The molecule has 2 heteroatoms. The lowest BCUT2D eigenvalue weighted by molar-refractivity contribution is -0.154. The first-order valence-corrected chi connectivity index (χ1v) is 5.89. The molecule has 0 amide bonds. The third-order valence-electron chi connectivity index (χ3n) is 2.96. The number of esters is 1. The maximum atomic E-state index is 11.9. The van der Waals surface area contributed by atoms with Crippen molar-refractivity contribution in [2.45, 2.75) is 40.7 Å². The van der Waals surface area contributed by atoms with E-state index >= 15 is 0 Å². The van der Waals surface area contributed by atoms with E-state index in [1.54, 1.807) is 18.2 Å². The molecular weight excluding hydrogens is 212 g/mol. The van der Waals surface area contributed by atoms with E-state index in [4.69, 9.17) is 4.74 Å². The van der Waals surface area contributed by atoms with Crippen molar-refractivity contribution in [2.24, 2.45) is 11.3 Å². The van der Waals surface area contributed by atoms with Gasteiger partial charge in [0.25, 0.3) is 0 Å². The summed E-state index contributed by atoms with van der Waals surface area (Å²) in [7, 11) is 0. The second-order valence-electron chi connectivity index (χ2n) is 5.27. The van der Waals surface area contributed by atoms with Gasteiger partial charge < -0.3 is 4.74 Å². The fourth-order valence-electron chi connectivity index (χ4n) is 1.20. The van der Waals surface area contributed by atoms with Crippen LogP contribution in [0, 0.1) is 11.3 Å². The zero-order chi connectivity index (χ0) is 13.6. The summed E-state index contributed by atoms with van der Waals surface area (Å²) < 4.78 is 5.42. The molecule has 0 aliphatic rings. The molecule has 0 aliphatic carbocycles. The highest BCUT2D eigenvalue weighted by Gasteiger charge is 2.29. The van der Waals surface area contributed by atoms with Gasteiger partial charge in [-0.15, -0.1) is 0 Å². The molecule has 0 aromatic heterocycles. The summed E-state index contributed by atoms with van der Waals surface area (Å²) in [6.45, 7) is 17.1. The van der Waals surface area contributed by atoms with Gasteiger partial charge in [0.15, 0.2) is 0 Å². The summed E-state index contributed by atoms with van der Waals surface area (Å²) in [4.78, 5) is 11.9. The normalized spacial score (nSPS) is 15.9. The molecule has 0 aromatic rings. The molecular formula is C15H24O2. The quantitative estimate of drug-likeness (QED) is 0.534. The van der Waals surface area contributed by atoms with Gasteiger partial charge in [-0.25, -0.2) is 0 Å². The predicted molar refractivity (Wildman–Crippen MR) is 72.7 cm³/mol. The number of allylic oxidation sites excluding steroid dienone is 2. The van der Waals surface area contributed by atoms with Crippen LogP contribution in [0.2, 0.25) is 0 Å². The van der Waals surface area contributed by atoms with E-state index in [1.165, 1.54) is 0 Å². The van der Waals surface area contributed by atoms with Gasteiger partial charge in [0, 0.05) is 0 Å². The summed E-state index contributed by atoms with van der Waals surface area (Å²) >= 11 is 0. The number of ether oxygens (including phenoxy) is 1. The van der Waals surface area contributed by atoms with E-state index < -0.39 is 0 Å². The Kier molecular flexibility index (Phi) is 5.94. The molecule has 2 atom stereocenters. The van der Waals surface area contributed by atoms with Crippen LogP contribution in [0.4, 0.5) is 0 Å². The molecule has 2 unspecified atom stereocenters. The first kappa shape index (κ1) is 15.7. The van der Waals surface area contributed by atoms with Crippen molar-refractivity contribution in [3.8, 4) is 0 Å². The summed E-state index contributed by atoms with van der Waals surface area (Å²) in [5.74, 6) is -0.318. The second kappa shape index (κ2) is 6.43. The van der Waals surface area contributed by atoms with Crippen molar-refractivity contribution >= 4 is 5.97 Å². The molecule has 0 aromatic carbocycles. The van der Waals surface area contributed by atoms with Gasteiger partial charge in [0.2, 0.25) is 0 Å². The standard InChI is InChI=1S/C15H24O2/c1-8-10-13(9-2)12(4)17-14(16)11(3)15(5,6)7/h8-12H,1-2H2,3-7H3/b13-10+. The lowest BCUT2D eigenvalue weighted by Gasteiger charge is -2.27. The Hall–Kier alpha value is -1.31. The number of hydrogen-bond donors (Lipinski definition) is 0. The van der Waals surface area contributed by atoms with Crippen molar-refractivity contribution in [2.75, 3.05) is 0 Å². The third kappa shape index (κ3) is 5.03. The zero-order valence-electron chi connectivity index (χ0n) is 11.6. The van der Waals surface area contributed by atoms with Crippen LogP contribution >= 0.6 is 0 Å². The molecule has 0 fully saturated rings. The molecule has 0 N–H and O–H groups in total. The minimum absolute atomic E-state index is 0.0900. The first-order chi connectivity index (χ1) is 7.73. The Morgan fingerprint density at radius 1 is 1.24 bits per heavy atom. The molecule has 0 heterocycles. The highest BCUT2D eigenvalue weighted by molar-refractivity contribution is 5.73. The molecule has 0 radical (unpaired) electrons. The van der Waals surface area contributed by atoms with Gasteiger partial charge in [-0.3, -0.25) is 4.79 Å². The average molecular weight is 236 g/mol. The molecule has 0 saturated carbocycles. The smallest absolute Gasteiger partial charge is 0.309 e. The Labute approximate surface area is 105 Å². The summed E-state index contributed by atoms with van der Waals surface area (Å²) in [6, 6.07) is 0. The van der Waals surface area contributed by atoms with Crippen LogP contribution in [0.25, 0.3) is 0 Å². The van der Waals surface area contributed by atoms with Crippen molar-refractivity contribution in [3.63, 3.8) is 0 Å². The molecule has 96 valence electrons. The van der Waals surface area contributed by atoms with Crippen LogP contribution < -0.4 is 0 Å². The van der Waals surface area contributed by atoms with Gasteiger partial charge in [-0.1, -0.05) is 59.1 Å². The summed E-state index contributed by atoms with van der Waals surface area (Å²) in [5.41, 5.74) is 0.766. The highest BCUT2D eigenvalue weighted by atomic mass is 16.5. The van der Waals surface area contributed by atoms with Crippen LogP contribution in [0.5, 0.6) is 0 Å². The van der Waals surface area contributed by atoms with Crippen molar-refractivity contribution < 1.29 is 9.53 Å². The lowest BCUT2D eigenvalue weighted by Crippen LogP contribution is -2.30. The predicted octanol–water partition coefficient (Wildman–Crippen LogP) is 3.90. The minimum atomic E-state index is -0.289. The second-order valence-corrected chi connectivity index (χ2v) is 5.27. The Balaban J connectivity index is 4.64. The fourth-order valence-corrected chi connectivity index (χ4v) is 1.20. The average Bonchev–Trinajstić information content (AvgIpc) is 2.23. The van der Waals surface area contributed by atoms with E-state index in [9.17, 15) is 4.79 Å². The van der Waals surface area contributed by atoms with Crippen LogP contribution in [0.3, 0.4) is 0 Å². The molecule has 0 bridgehead atoms. The molecule has 0 saturated heterocycles. The molecule has 2 nitrogen and oxygen atoms in total. The lowest BCUT2D eigenvalue weighted by atomic mass is 9.82. The fraction of sp³-hybridized carbons (Fsp3) is 0.533. The summed E-state index contributed by atoms with van der Waals surface area (Å²) in [6.07, 6.45) is 4.85. The largest absolute Gasteiger partial charge is 0.458 e. The van der Waals surface area contributed by atoms with Crippen LogP contribution in [0.15, 0.2) is 37.0 Å². The van der Waals surface area contributed by atoms with Gasteiger partial charge in [0.05, 0.1) is 5.92 Å². The molecule has 0 spiro atoms. The minimum Gasteiger partial charge on any atom is -0.458 e. The SMILES string of the molecule is C=C/C=C(\C=C)C(C)OC(=O)C(C)C(C)(C)C. The topological polar surface area (TPSA) is 26.3 Å². The number of rotatable bonds is 5. The molecule has 0 aliphatic heterocycles. The Bertz CT molecular complexity index is 318. The van der Waals surface area contributed by atoms with Gasteiger partial charge >= 0.3 is 5.97 Å². The van der Waals surface area contributed by atoms with Crippen molar-refractivity contribution in [1.29, 1.82) is 0 Å². The molecule has 0 rings (SSSR count). The van der Waals surface area contributed by atoms with Crippen molar-refractivity contribution in [1.82, 2.24) is 0 Å². The first-order valence-electron chi connectivity index (χ1n) is 5.89. The number of carbonyl (C=O) groups excluding carboxylic acids is 1. The number of carbonyl (C=O) groups is 1. The van der Waals surface area contributed by atoms with Crippen LogP contribution in [0.1, 0.15) is 34.6 Å². The maximum absolute atomic E-state index is 11.9. The Morgan fingerprint density at radius 3 is 2.12 bits per heavy atom. The van der Waals surface area contributed by atoms with Gasteiger partial charge in [-0.05, 0) is 17.9 Å². The van der Waals surface area contributed by atoms with Crippen LogP contribution in [-0.4, -0.2) is 12.1 Å². The van der Waals surface area contributed by atoms with Gasteiger partial charge in [-0.2, -0.15) is 0 Å². The number of hydrogen-bond acceptors (Lipinski definition) is 2. The Morgan fingerprint density at radius 2 is 1.76 bits per heavy atom. The van der Waals surface area contributed by atoms with E-state index in [-0.39, 0.29) is 23.4 Å².